The minimum absolute atomic E-state index is 0.626. The van der Waals surface area contributed by atoms with Crippen LogP contribution in [0.4, 0.5) is 0 Å². The molecular weight excluding hydrogens is 699 g/mol. The van der Waals surface area contributed by atoms with Crippen molar-refractivity contribution >= 4 is 65.6 Å². The lowest BCUT2D eigenvalue weighted by Gasteiger charge is -2.12. The Morgan fingerprint density at radius 1 is 0.333 bits per heavy atom. The molecule has 0 radical (unpaired) electrons. The van der Waals surface area contributed by atoms with Crippen LogP contribution < -0.4 is 0 Å². The highest BCUT2D eigenvalue weighted by Gasteiger charge is 2.23. The minimum Gasteiger partial charge on any atom is -0.456 e. The number of hydrogen-bond acceptors (Lipinski definition) is 4. The van der Waals surface area contributed by atoms with Gasteiger partial charge in [-0.15, -0.1) is 0 Å². The smallest absolute Gasteiger partial charge is 0.235 e. The highest BCUT2D eigenvalue weighted by molar-refractivity contribution is 6.28. The molecule has 0 aliphatic carbocycles. The molecule has 0 aliphatic heterocycles. The minimum atomic E-state index is 0.626. The second kappa shape index (κ2) is 12.3. The van der Waals surface area contributed by atoms with E-state index in [0.717, 1.165) is 99.8 Å². The Balaban J connectivity index is 1.10. The summed E-state index contributed by atoms with van der Waals surface area (Å²) in [6.07, 6.45) is 0. The molecule has 0 amide bonds. The van der Waals surface area contributed by atoms with E-state index in [1.165, 1.54) is 5.39 Å². The average molecular weight is 730 g/mol. The summed E-state index contributed by atoms with van der Waals surface area (Å²) in [5.74, 6) is 1.48. The number of aromatic nitrogens is 5. The summed E-state index contributed by atoms with van der Waals surface area (Å²) in [5.41, 5.74) is 11.8. The van der Waals surface area contributed by atoms with Crippen LogP contribution in [-0.2, 0) is 0 Å². The van der Waals surface area contributed by atoms with Crippen LogP contribution in [0.2, 0.25) is 0 Å². The van der Waals surface area contributed by atoms with Gasteiger partial charge in [0.05, 0.1) is 39.1 Å². The van der Waals surface area contributed by atoms with E-state index >= 15 is 0 Å². The molecule has 0 unspecified atom stereocenters. The summed E-state index contributed by atoms with van der Waals surface area (Å²) in [6.45, 7) is 0. The second-order valence-electron chi connectivity index (χ2n) is 14.4. The van der Waals surface area contributed by atoms with Crippen molar-refractivity contribution in [3.8, 4) is 45.5 Å². The van der Waals surface area contributed by atoms with Gasteiger partial charge in [-0.1, -0.05) is 121 Å². The van der Waals surface area contributed by atoms with Crippen molar-refractivity contribution in [3.63, 3.8) is 0 Å². The summed E-state index contributed by atoms with van der Waals surface area (Å²) in [4.78, 5) is 15.9. The average Bonchev–Trinajstić information content (AvgIpc) is 3.94. The monoisotopic (exact) mass is 729 g/mol. The van der Waals surface area contributed by atoms with Gasteiger partial charge in [0, 0.05) is 49.0 Å². The molecule has 0 atom stereocenters. The van der Waals surface area contributed by atoms with Gasteiger partial charge in [-0.25, -0.2) is 15.0 Å². The Hall–Kier alpha value is -7.83. The number of hydrogen-bond donors (Lipinski definition) is 0. The zero-order valence-corrected chi connectivity index (χ0v) is 30.5. The molecule has 12 rings (SSSR count). The van der Waals surface area contributed by atoms with E-state index in [9.17, 15) is 0 Å². The van der Waals surface area contributed by atoms with Crippen LogP contribution in [0.15, 0.2) is 192 Å². The van der Waals surface area contributed by atoms with Gasteiger partial charge in [-0.05, 0) is 66.7 Å². The summed E-state index contributed by atoms with van der Waals surface area (Å²) in [6, 6.07) is 65.3. The molecule has 0 bridgehead atoms. The number of benzene rings is 7. The van der Waals surface area contributed by atoms with Crippen molar-refractivity contribution in [2.45, 2.75) is 0 Å². The number of fused-ring (bicyclic) bond motifs is 10. The van der Waals surface area contributed by atoms with Gasteiger partial charge in [0.15, 0.2) is 0 Å². The van der Waals surface area contributed by atoms with E-state index in [-0.39, 0.29) is 0 Å². The predicted molar refractivity (Wildman–Crippen MR) is 232 cm³/mol. The molecular formula is C51H31N5O. The van der Waals surface area contributed by atoms with Crippen LogP contribution in [0.5, 0.6) is 0 Å². The number of rotatable bonds is 5. The van der Waals surface area contributed by atoms with Gasteiger partial charge >= 0.3 is 0 Å². The number of furan rings is 1. The van der Waals surface area contributed by atoms with Crippen LogP contribution >= 0.6 is 0 Å². The maximum atomic E-state index is 6.14. The summed E-state index contributed by atoms with van der Waals surface area (Å²) in [7, 11) is 0. The largest absolute Gasteiger partial charge is 0.456 e. The van der Waals surface area contributed by atoms with Crippen molar-refractivity contribution in [1.29, 1.82) is 0 Å². The van der Waals surface area contributed by atoms with E-state index in [1.54, 1.807) is 0 Å². The second-order valence-corrected chi connectivity index (χ2v) is 14.4. The molecule has 6 heteroatoms. The van der Waals surface area contributed by atoms with Gasteiger partial charge < -0.3 is 4.42 Å². The molecule has 5 heterocycles. The maximum Gasteiger partial charge on any atom is 0.235 e. The molecule has 6 nitrogen and oxygen atoms in total. The molecule has 0 aliphatic rings. The van der Waals surface area contributed by atoms with Gasteiger partial charge in [0.25, 0.3) is 0 Å². The number of pyridine rings is 1. The fraction of sp³-hybridized carbons (Fsp3) is 0. The standard InChI is InChI=1S/C51H31N5O/c1-3-14-32(15-4-1)40-31-41(33-16-5-2-6-17-33)54-51(53-40)56-43-23-11-8-20-37(43)50-45(56)28-27-44-49(50)36-19-7-10-22-42(36)55(44)48-25-13-21-39(52-48)34-26-29-47-38(30-34)35-18-9-12-24-46(35)57-47/h1-31H. The van der Waals surface area contributed by atoms with E-state index in [4.69, 9.17) is 19.4 Å². The lowest BCUT2D eigenvalue weighted by molar-refractivity contribution is 0.669. The molecule has 57 heavy (non-hydrogen) atoms. The zero-order chi connectivity index (χ0) is 37.5. The van der Waals surface area contributed by atoms with E-state index in [1.807, 2.05) is 30.3 Å². The molecule has 0 N–H and O–H groups in total. The molecule has 7 aromatic carbocycles. The molecule has 0 fully saturated rings. The van der Waals surface area contributed by atoms with Crippen LogP contribution in [0.25, 0.3) is 111 Å². The third-order valence-electron chi connectivity index (χ3n) is 11.2. The third kappa shape index (κ3) is 4.87. The van der Waals surface area contributed by atoms with Crippen LogP contribution in [0, 0.1) is 0 Å². The SMILES string of the molecule is c1ccc(-c2cc(-c3ccccc3)nc(-n3c4ccccc4c4c5c6ccccc6n(-c6cccc(-c7ccc8oc9ccccc9c8c7)n6)c5ccc43)n2)cc1. The Kier molecular flexibility index (Phi) is 6.83. The van der Waals surface area contributed by atoms with Crippen molar-refractivity contribution in [2.75, 3.05) is 0 Å². The maximum absolute atomic E-state index is 6.14. The fourth-order valence-corrected chi connectivity index (χ4v) is 8.62. The molecule has 0 saturated carbocycles. The zero-order valence-electron chi connectivity index (χ0n) is 30.5. The normalized spacial score (nSPS) is 11.9. The Morgan fingerprint density at radius 2 is 0.895 bits per heavy atom. The molecule has 5 aromatic heterocycles. The van der Waals surface area contributed by atoms with Gasteiger partial charge in [0.2, 0.25) is 5.95 Å². The fourth-order valence-electron chi connectivity index (χ4n) is 8.62. The predicted octanol–water partition coefficient (Wildman–Crippen LogP) is 13.0. The Bertz CT molecular complexity index is 3470. The molecule has 12 aromatic rings. The molecule has 266 valence electrons. The first kappa shape index (κ1) is 31.5. The molecule has 0 saturated heterocycles. The highest BCUT2D eigenvalue weighted by Crippen LogP contribution is 2.42. The van der Waals surface area contributed by atoms with Crippen LogP contribution in [0.3, 0.4) is 0 Å². The summed E-state index contributed by atoms with van der Waals surface area (Å²) >= 11 is 0. The van der Waals surface area contributed by atoms with Gasteiger partial charge in [-0.3, -0.25) is 9.13 Å². The first-order valence-corrected chi connectivity index (χ1v) is 19.1. The van der Waals surface area contributed by atoms with Gasteiger partial charge in [0.1, 0.15) is 17.0 Å². The Morgan fingerprint density at radius 3 is 1.58 bits per heavy atom. The Labute approximate surface area is 326 Å². The van der Waals surface area contributed by atoms with Crippen LogP contribution in [0.1, 0.15) is 0 Å². The van der Waals surface area contributed by atoms with Crippen molar-refractivity contribution in [1.82, 2.24) is 24.1 Å². The summed E-state index contributed by atoms with van der Waals surface area (Å²) < 4.78 is 10.7. The first-order valence-electron chi connectivity index (χ1n) is 19.1. The number of nitrogens with zero attached hydrogens (tertiary/aromatic N) is 5. The van der Waals surface area contributed by atoms with Crippen molar-refractivity contribution in [2.24, 2.45) is 0 Å². The van der Waals surface area contributed by atoms with Gasteiger partial charge in [-0.2, -0.15) is 0 Å². The lowest BCUT2D eigenvalue weighted by Crippen LogP contribution is -2.04. The number of para-hydroxylation sites is 3. The van der Waals surface area contributed by atoms with E-state index < -0.39 is 0 Å². The van der Waals surface area contributed by atoms with Crippen molar-refractivity contribution in [3.05, 3.63) is 188 Å². The quantitative estimate of drug-likeness (QED) is 0.177. The summed E-state index contributed by atoms with van der Waals surface area (Å²) in [5, 5.41) is 6.80. The highest BCUT2D eigenvalue weighted by atomic mass is 16.3. The third-order valence-corrected chi connectivity index (χ3v) is 11.2. The van der Waals surface area contributed by atoms with Crippen LogP contribution in [-0.4, -0.2) is 24.1 Å². The first-order chi connectivity index (χ1) is 28.3. The topological polar surface area (TPSA) is 61.7 Å². The van der Waals surface area contributed by atoms with Crippen molar-refractivity contribution < 1.29 is 4.42 Å². The van der Waals surface area contributed by atoms with E-state index in [2.05, 4.69) is 167 Å². The lowest BCUT2D eigenvalue weighted by atomic mass is 10.1. The van der Waals surface area contributed by atoms with E-state index in [0.29, 0.717) is 5.95 Å². The molecule has 0 spiro atoms.